The predicted molar refractivity (Wildman–Crippen MR) is 66.1 cm³/mol. The number of thiophene rings is 1. The second-order valence-corrected chi connectivity index (χ2v) is 4.73. The predicted octanol–water partition coefficient (Wildman–Crippen LogP) is 3.44. The van der Waals surface area contributed by atoms with Gasteiger partial charge in [0, 0.05) is 6.04 Å². The van der Waals surface area contributed by atoms with Crippen molar-refractivity contribution in [3.05, 3.63) is 57.5 Å². The quantitative estimate of drug-likeness (QED) is 0.866. The molecule has 0 radical (unpaired) electrons. The van der Waals surface area contributed by atoms with Crippen molar-refractivity contribution in [1.82, 2.24) is 0 Å². The van der Waals surface area contributed by atoms with Gasteiger partial charge in [-0.2, -0.15) is 11.3 Å². The number of hydrogen-bond acceptors (Lipinski definition) is 2. The summed E-state index contributed by atoms with van der Waals surface area (Å²) in [6, 6.07) is 7.12. The third-order valence-corrected chi connectivity index (χ3v) is 3.39. The lowest BCUT2D eigenvalue weighted by molar-refractivity contribution is 0.610. The molecule has 0 saturated heterocycles. The standard InChI is InChI=1S/C13H14FNS/c1-9-2-3-11(7-12(9)14)13(15)6-10-4-5-16-8-10/h2-5,7-8,13H,6,15H2,1H3. The highest BCUT2D eigenvalue weighted by molar-refractivity contribution is 7.07. The smallest absolute Gasteiger partial charge is 0.126 e. The molecule has 0 bridgehead atoms. The van der Waals surface area contributed by atoms with Crippen molar-refractivity contribution in [2.75, 3.05) is 0 Å². The summed E-state index contributed by atoms with van der Waals surface area (Å²) in [5.41, 5.74) is 8.76. The average Bonchev–Trinajstić information content (AvgIpc) is 2.74. The van der Waals surface area contributed by atoms with Crippen LogP contribution in [-0.2, 0) is 6.42 Å². The molecule has 1 aromatic carbocycles. The van der Waals surface area contributed by atoms with E-state index in [-0.39, 0.29) is 11.9 Å². The molecule has 0 aliphatic carbocycles. The zero-order valence-corrected chi connectivity index (χ0v) is 9.93. The Morgan fingerprint density at radius 3 is 2.81 bits per heavy atom. The summed E-state index contributed by atoms with van der Waals surface area (Å²) in [4.78, 5) is 0. The van der Waals surface area contributed by atoms with Crippen molar-refractivity contribution in [1.29, 1.82) is 0 Å². The van der Waals surface area contributed by atoms with Crippen LogP contribution in [0, 0.1) is 12.7 Å². The Morgan fingerprint density at radius 2 is 2.19 bits per heavy atom. The molecule has 0 saturated carbocycles. The molecule has 1 unspecified atom stereocenters. The van der Waals surface area contributed by atoms with Crippen molar-refractivity contribution >= 4 is 11.3 Å². The number of benzene rings is 1. The van der Waals surface area contributed by atoms with Gasteiger partial charge in [0.2, 0.25) is 0 Å². The Labute approximate surface area is 98.7 Å². The third-order valence-electron chi connectivity index (χ3n) is 2.66. The van der Waals surface area contributed by atoms with Gasteiger partial charge in [-0.1, -0.05) is 12.1 Å². The van der Waals surface area contributed by atoms with Crippen molar-refractivity contribution < 1.29 is 4.39 Å². The highest BCUT2D eigenvalue weighted by Gasteiger charge is 2.09. The fourth-order valence-corrected chi connectivity index (χ4v) is 2.30. The Bertz CT molecular complexity index is 465. The van der Waals surface area contributed by atoms with Crippen LogP contribution in [0.2, 0.25) is 0 Å². The van der Waals surface area contributed by atoms with Crippen LogP contribution >= 0.6 is 11.3 Å². The first-order chi connectivity index (χ1) is 7.66. The summed E-state index contributed by atoms with van der Waals surface area (Å²) in [5, 5.41) is 4.10. The van der Waals surface area contributed by atoms with Crippen molar-refractivity contribution in [3.8, 4) is 0 Å². The van der Waals surface area contributed by atoms with E-state index in [1.54, 1.807) is 24.3 Å². The zero-order chi connectivity index (χ0) is 11.5. The van der Waals surface area contributed by atoms with Gasteiger partial charge in [-0.25, -0.2) is 4.39 Å². The molecule has 0 amide bonds. The van der Waals surface area contributed by atoms with Crippen molar-refractivity contribution in [3.63, 3.8) is 0 Å². The molecule has 1 atom stereocenters. The Balaban J connectivity index is 2.14. The van der Waals surface area contributed by atoms with Gasteiger partial charge in [-0.05, 0) is 52.9 Å². The summed E-state index contributed by atoms with van der Waals surface area (Å²) in [7, 11) is 0. The van der Waals surface area contributed by atoms with Crippen LogP contribution in [0.3, 0.4) is 0 Å². The molecule has 0 aliphatic heterocycles. The lowest BCUT2D eigenvalue weighted by Crippen LogP contribution is -2.13. The number of nitrogens with two attached hydrogens (primary N) is 1. The lowest BCUT2D eigenvalue weighted by atomic mass is 10.0. The number of hydrogen-bond donors (Lipinski definition) is 1. The fourth-order valence-electron chi connectivity index (χ4n) is 1.62. The summed E-state index contributed by atoms with van der Waals surface area (Å²) in [6.45, 7) is 1.75. The Kier molecular flexibility index (Phi) is 3.36. The maximum Gasteiger partial charge on any atom is 0.126 e. The Morgan fingerprint density at radius 1 is 1.38 bits per heavy atom. The molecule has 2 rings (SSSR count). The van der Waals surface area contributed by atoms with E-state index in [0.29, 0.717) is 5.56 Å². The Hall–Kier alpha value is -1.19. The monoisotopic (exact) mass is 235 g/mol. The van der Waals surface area contributed by atoms with Gasteiger partial charge in [0.15, 0.2) is 0 Å². The summed E-state index contributed by atoms with van der Waals surface area (Å²) in [6.07, 6.45) is 0.756. The molecule has 2 N–H and O–H groups in total. The van der Waals surface area contributed by atoms with E-state index in [9.17, 15) is 4.39 Å². The average molecular weight is 235 g/mol. The summed E-state index contributed by atoms with van der Waals surface area (Å²) >= 11 is 1.65. The minimum absolute atomic E-state index is 0.135. The molecule has 1 nitrogen and oxygen atoms in total. The maximum absolute atomic E-state index is 13.4. The van der Waals surface area contributed by atoms with Gasteiger partial charge < -0.3 is 5.73 Å². The second-order valence-electron chi connectivity index (χ2n) is 3.95. The van der Waals surface area contributed by atoms with E-state index in [4.69, 9.17) is 5.73 Å². The minimum Gasteiger partial charge on any atom is -0.324 e. The molecule has 2 aromatic rings. The SMILES string of the molecule is Cc1ccc(C(N)Cc2ccsc2)cc1F. The number of halogens is 1. The van der Waals surface area contributed by atoms with Crippen LogP contribution in [0.25, 0.3) is 0 Å². The minimum atomic E-state index is -0.182. The normalized spacial score (nSPS) is 12.7. The van der Waals surface area contributed by atoms with E-state index < -0.39 is 0 Å². The van der Waals surface area contributed by atoms with E-state index in [1.165, 1.54) is 11.6 Å². The summed E-state index contributed by atoms with van der Waals surface area (Å²) < 4.78 is 13.4. The summed E-state index contributed by atoms with van der Waals surface area (Å²) in [5.74, 6) is -0.182. The van der Waals surface area contributed by atoms with Crippen molar-refractivity contribution in [2.24, 2.45) is 5.73 Å². The molecule has 16 heavy (non-hydrogen) atoms. The van der Waals surface area contributed by atoms with Gasteiger partial charge in [-0.3, -0.25) is 0 Å². The topological polar surface area (TPSA) is 26.0 Å². The highest BCUT2D eigenvalue weighted by atomic mass is 32.1. The van der Waals surface area contributed by atoms with Gasteiger partial charge in [-0.15, -0.1) is 0 Å². The van der Waals surface area contributed by atoms with Gasteiger partial charge in [0.25, 0.3) is 0 Å². The van der Waals surface area contributed by atoms with E-state index in [1.807, 2.05) is 11.4 Å². The molecule has 0 fully saturated rings. The van der Waals surface area contributed by atoms with E-state index >= 15 is 0 Å². The second kappa shape index (κ2) is 4.76. The number of aryl methyl sites for hydroxylation is 1. The van der Waals surface area contributed by atoms with Crippen LogP contribution in [0.4, 0.5) is 4.39 Å². The molecule has 1 aromatic heterocycles. The van der Waals surface area contributed by atoms with Crippen LogP contribution in [0.1, 0.15) is 22.7 Å². The zero-order valence-electron chi connectivity index (χ0n) is 9.11. The molecule has 84 valence electrons. The van der Waals surface area contributed by atoms with E-state index in [2.05, 4.69) is 11.4 Å². The van der Waals surface area contributed by atoms with Crippen molar-refractivity contribution in [2.45, 2.75) is 19.4 Å². The molecule has 0 spiro atoms. The number of rotatable bonds is 3. The molecular formula is C13H14FNS. The largest absolute Gasteiger partial charge is 0.324 e. The molecule has 1 heterocycles. The third kappa shape index (κ3) is 2.49. The van der Waals surface area contributed by atoms with Crippen LogP contribution in [-0.4, -0.2) is 0 Å². The first-order valence-electron chi connectivity index (χ1n) is 5.19. The van der Waals surface area contributed by atoms with Crippen LogP contribution < -0.4 is 5.73 Å². The van der Waals surface area contributed by atoms with Crippen LogP contribution in [0.5, 0.6) is 0 Å². The maximum atomic E-state index is 13.4. The van der Waals surface area contributed by atoms with Gasteiger partial charge >= 0.3 is 0 Å². The molecule has 0 aliphatic rings. The first-order valence-corrected chi connectivity index (χ1v) is 6.14. The first kappa shape index (κ1) is 11.3. The fraction of sp³-hybridized carbons (Fsp3) is 0.231. The van der Waals surface area contributed by atoms with Crippen LogP contribution in [0.15, 0.2) is 35.0 Å². The molecule has 3 heteroatoms. The molecular weight excluding hydrogens is 221 g/mol. The highest BCUT2D eigenvalue weighted by Crippen LogP contribution is 2.19. The van der Waals surface area contributed by atoms with E-state index in [0.717, 1.165) is 12.0 Å². The lowest BCUT2D eigenvalue weighted by Gasteiger charge is -2.11. The van der Waals surface area contributed by atoms with Gasteiger partial charge in [0.05, 0.1) is 0 Å². The van der Waals surface area contributed by atoms with Gasteiger partial charge in [0.1, 0.15) is 5.82 Å².